The van der Waals surface area contributed by atoms with Gasteiger partial charge in [-0.05, 0) is 46.8 Å². The Morgan fingerprint density at radius 2 is 2.14 bits per heavy atom. The van der Waals surface area contributed by atoms with Gasteiger partial charge in [-0.3, -0.25) is 0 Å². The fraction of sp³-hybridized carbons (Fsp3) is 0.400. The van der Waals surface area contributed by atoms with Crippen LogP contribution in [0.5, 0.6) is 5.75 Å². The van der Waals surface area contributed by atoms with Gasteiger partial charge in [0.05, 0.1) is 4.47 Å². The van der Waals surface area contributed by atoms with Crippen LogP contribution in [0.3, 0.4) is 0 Å². The van der Waals surface area contributed by atoms with Crippen molar-refractivity contribution in [3.63, 3.8) is 0 Å². The van der Waals surface area contributed by atoms with Gasteiger partial charge in [0.1, 0.15) is 5.75 Å². The van der Waals surface area contributed by atoms with Gasteiger partial charge in [-0.2, -0.15) is 0 Å². The van der Waals surface area contributed by atoms with E-state index in [1.54, 1.807) is 12.1 Å². The van der Waals surface area contributed by atoms with E-state index in [1.807, 2.05) is 0 Å². The van der Waals surface area contributed by atoms with Crippen molar-refractivity contribution in [2.45, 2.75) is 18.9 Å². The number of benzene rings is 1. The summed E-state index contributed by atoms with van der Waals surface area (Å²) in [5.41, 5.74) is 6.68. The number of phenolic OH excluding ortho intramolecular Hbond substituents is 1. The van der Waals surface area contributed by atoms with E-state index in [2.05, 4.69) is 15.9 Å². The van der Waals surface area contributed by atoms with Gasteiger partial charge in [0.15, 0.2) is 0 Å². The highest BCUT2D eigenvalue weighted by atomic mass is 79.9. The first-order chi connectivity index (χ1) is 6.61. The number of nitrogens with two attached hydrogens (primary N) is 1. The molecule has 1 aliphatic rings. The Morgan fingerprint density at radius 1 is 1.50 bits per heavy atom. The topological polar surface area (TPSA) is 46.2 Å². The molecular formula is C10H11BrClNO. The molecule has 0 heterocycles. The second-order valence-electron chi connectivity index (χ2n) is 3.65. The summed E-state index contributed by atoms with van der Waals surface area (Å²) in [6, 6.07) is 3.34. The molecule has 1 aromatic rings. The van der Waals surface area contributed by atoms with Crippen LogP contribution in [0.4, 0.5) is 0 Å². The van der Waals surface area contributed by atoms with Crippen LogP contribution in [0.1, 0.15) is 24.4 Å². The average Bonchev–Trinajstić information content (AvgIpc) is 2.95. The molecule has 2 rings (SSSR count). The van der Waals surface area contributed by atoms with E-state index in [4.69, 9.17) is 17.3 Å². The summed E-state index contributed by atoms with van der Waals surface area (Å²) in [4.78, 5) is 0. The van der Waals surface area contributed by atoms with Crippen LogP contribution in [0, 0.1) is 5.92 Å². The molecular weight excluding hydrogens is 265 g/mol. The number of aromatic hydroxyl groups is 1. The zero-order chi connectivity index (χ0) is 10.3. The van der Waals surface area contributed by atoms with Crippen LogP contribution in [-0.4, -0.2) is 5.11 Å². The molecule has 0 radical (unpaired) electrons. The van der Waals surface area contributed by atoms with E-state index in [0.29, 0.717) is 21.0 Å². The van der Waals surface area contributed by atoms with Gasteiger partial charge >= 0.3 is 0 Å². The maximum Gasteiger partial charge on any atom is 0.136 e. The zero-order valence-corrected chi connectivity index (χ0v) is 9.85. The van der Waals surface area contributed by atoms with Crippen molar-refractivity contribution >= 4 is 27.5 Å². The summed E-state index contributed by atoms with van der Waals surface area (Å²) < 4.78 is 0.646. The van der Waals surface area contributed by atoms with Crippen molar-refractivity contribution < 1.29 is 5.11 Å². The van der Waals surface area contributed by atoms with Crippen molar-refractivity contribution in [3.8, 4) is 5.75 Å². The highest BCUT2D eigenvalue weighted by molar-refractivity contribution is 9.10. The van der Waals surface area contributed by atoms with Gasteiger partial charge in [0, 0.05) is 16.6 Å². The molecule has 14 heavy (non-hydrogen) atoms. The summed E-state index contributed by atoms with van der Waals surface area (Å²) in [5, 5.41) is 10.4. The monoisotopic (exact) mass is 275 g/mol. The summed E-state index contributed by atoms with van der Waals surface area (Å²) in [7, 11) is 0. The summed E-state index contributed by atoms with van der Waals surface area (Å²) >= 11 is 9.26. The third-order valence-corrected chi connectivity index (χ3v) is 3.55. The minimum absolute atomic E-state index is 0.139. The van der Waals surface area contributed by atoms with Crippen LogP contribution in [0.15, 0.2) is 16.6 Å². The lowest BCUT2D eigenvalue weighted by Gasteiger charge is -2.15. The molecule has 0 unspecified atom stereocenters. The predicted octanol–water partition coefficient (Wildman–Crippen LogP) is 3.22. The average molecular weight is 277 g/mol. The van der Waals surface area contributed by atoms with Crippen LogP contribution in [0.2, 0.25) is 5.02 Å². The Labute approximate surface area is 96.2 Å². The fourth-order valence-corrected chi connectivity index (χ4v) is 2.19. The molecule has 0 aromatic heterocycles. The maximum atomic E-state index is 9.81. The van der Waals surface area contributed by atoms with Gasteiger partial charge in [-0.25, -0.2) is 0 Å². The largest absolute Gasteiger partial charge is 0.506 e. The third-order valence-electron chi connectivity index (χ3n) is 2.58. The number of halogens is 2. The first kappa shape index (κ1) is 10.3. The van der Waals surface area contributed by atoms with Crippen molar-refractivity contribution in [3.05, 3.63) is 27.2 Å². The minimum Gasteiger partial charge on any atom is -0.506 e. The fourth-order valence-electron chi connectivity index (χ4n) is 1.56. The van der Waals surface area contributed by atoms with E-state index in [1.165, 1.54) is 0 Å². The van der Waals surface area contributed by atoms with Gasteiger partial charge in [-0.15, -0.1) is 0 Å². The molecule has 1 fully saturated rings. The molecule has 4 heteroatoms. The Bertz CT molecular complexity index is 365. The van der Waals surface area contributed by atoms with Gasteiger partial charge in [0.25, 0.3) is 0 Å². The van der Waals surface area contributed by atoms with E-state index >= 15 is 0 Å². The van der Waals surface area contributed by atoms with E-state index in [0.717, 1.165) is 12.8 Å². The smallest absolute Gasteiger partial charge is 0.136 e. The summed E-state index contributed by atoms with van der Waals surface area (Å²) in [5.74, 6) is 0.657. The number of hydrogen-bond acceptors (Lipinski definition) is 2. The zero-order valence-electron chi connectivity index (χ0n) is 7.50. The first-order valence-electron chi connectivity index (χ1n) is 4.53. The van der Waals surface area contributed by atoms with E-state index < -0.39 is 0 Å². The molecule has 0 amide bonds. The Kier molecular flexibility index (Phi) is 2.73. The standard InChI is InChI=1S/C10H11BrClNO/c11-6-3-4-7(12)8(10(6)14)9(13)5-1-2-5/h3-5,9,14H,1-2,13H2/t9-/m0/s1. The second-order valence-corrected chi connectivity index (χ2v) is 4.92. The van der Waals surface area contributed by atoms with Crippen LogP contribution < -0.4 is 5.73 Å². The lowest BCUT2D eigenvalue weighted by atomic mass is 10.0. The second kappa shape index (κ2) is 3.72. The van der Waals surface area contributed by atoms with Gasteiger partial charge < -0.3 is 10.8 Å². The highest BCUT2D eigenvalue weighted by Gasteiger charge is 2.32. The predicted molar refractivity (Wildman–Crippen MR) is 60.5 cm³/mol. The normalized spacial score (nSPS) is 18.2. The molecule has 1 atom stereocenters. The van der Waals surface area contributed by atoms with Crippen molar-refractivity contribution in [2.24, 2.45) is 11.7 Å². The van der Waals surface area contributed by atoms with Crippen LogP contribution in [-0.2, 0) is 0 Å². The molecule has 0 bridgehead atoms. The molecule has 76 valence electrons. The number of phenols is 1. The van der Waals surface area contributed by atoms with Gasteiger partial charge in [-0.1, -0.05) is 11.6 Å². The maximum absolute atomic E-state index is 9.81. The number of rotatable bonds is 2. The van der Waals surface area contributed by atoms with Crippen molar-refractivity contribution in [1.82, 2.24) is 0 Å². The molecule has 2 nitrogen and oxygen atoms in total. The lowest BCUT2D eigenvalue weighted by molar-refractivity contribution is 0.453. The molecule has 1 saturated carbocycles. The Hall–Kier alpha value is -0.250. The molecule has 0 spiro atoms. The lowest BCUT2D eigenvalue weighted by Crippen LogP contribution is -2.13. The minimum atomic E-state index is -0.139. The Morgan fingerprint density at radius 3 is 2.71 bits per heavy atom. The summed E-state index contributed by atoms with van der Waals surface area (Å²) in [6.07, 6.45) is 2.26. The highest BCUT2D eigenvalue weighted by Crippen LogP contribution is 2.46. The third kappa shape index (κ3) is 1.76. The van der Waals surface area contributed by atoms with Gasteiger partial charge in [0.2, 0.25) is 0 Å². The van der Waals surface area contributed by atoms with E-state index in [-0.39, 0.29) is 11.8 Å². The molecule has 1 aliphatic carbocycles. The molecule has 0 saturated heterocycles. The number of hydrogen-bond donors (Lipinski definition) is 2. The Balaban J connectivity index is 2.43. The van der Waals surface area contributed by atoms with Crippen molar-refractivity contribution in [2.75, 3.05) is 0 Å². The SMILES string of the molecule is N[C@H](c1c(Cl)ccc(Br)c1O)C1CC1. The molecule has 1 aromatic carbocycles. The van der Waals surface area contributed by atoms with Crippen LogP contribution >= 0.6 is 27.5 Å². The summed E-state index contributed by atoms with van der Waals surface area (Å²) in [6.45, 7) is 0. The first-order valence-corrected chi connectivity index (χ1v) is 5.71. The quantitative estimate of drug-likeness (QED) is 0.871. The van der Waals surface area contributed by atoms with Crippen LogP contribution in [0.25, 0.3) is 0 Å². The molecule has 0 aliphatic heterocycles. The van der Waals surface area contributed by atoms with E-state index in [9.17, 15) is 5.11 Å². The molecule has 3 N–H and O–H groups in total. The van der Waals surface area contributed by atoms with Crippen molar-refractivity contribution in [1.29, 1.82) is 0 Å².